The molecular formula is C16H26N2O2S. The number of thioether (sulfide) groups is 1. The number of urea groups is 1. The highest BCUT2D eigenvalue weighted by molar-refractivity contribution is 7.99. The summed E-state index contributed by atoms with van der Waals surface area (Å²) in [6.45, 7) is 6.37. The fraction of sp³-hybridized carbons (Fsp3) is 0.562. The summed E-state index contributed by atoms with van der Waals surface area (Å²) in [7, 11) is 0. The van der Waals surface area contributed by atoms with Gasteiger partial charge in [-0.3, -0.25) is 0 Å². The van der Waals surface area contributed by atoms with E-state index >= 15 is 0 Å². The van der Waals surface area contributed by atoms with Crippen LogP contribution in [0, 0.1) is 0 Å². The van der Waals surface area contributed by atoms with Crippen LogP contribution < -0.4 is 10.6 Å². The SMILES string of the molecule is CCCC(O)CNC(=O)NC(C)c1ccc(SCC)cc1. The van der Waals surface area contributed by atoms with Gasteiger partial charge in [0.25, 0.3) is 0 Å². The number of aliphatic hydroxyl groups is 1. The molecule has 1 aromatic rings. The van der Waals surface area contributed by atoms with Gasteiger partial charge < -0.3 is 15.7 Å². The number of hydrogen-bond acceptors (Lipinski definition) is 3. The quantitative estimate of drug-likeness (QED) is 0.646. The van der Waals surface area contributed by atoms with Crippen molar-refractivity contribution in [2.24, 2.45) is 0 Å². The summed E-state index contributed by atoms with van der Waals surface area (Å²) in [5.74, 6) is 1.05. The highest BCUT2D eigenvalue weighted by Gasteiger charge is 2.10. The number of rotatable bonds is 8. The molecule has 4 nitrogen and oxygen atoms in total. The number of benzene rings is 1. The van der Waals surface area contributed by atoms with Crippen molar-refractivity contribution in [1.82, 2.24) is 10.6 Å². The van der Waals surface area contributed by atoms with Gasteiger partial charge in [0, 0.05) is 11.4 Å². The van der Waals surface area contributed by atoms with Gasteiger partial charge in [0.15, 0.2) is 0 Å². The minimum absolute atomic E-state index is 0.0611. The number of amides is 2. The first-order valence-corrected chi connectivity index (χ1v) is 8.50. The van der Waals surface area contributed by atoms with Gasteiger partial charge in [-0.15, -0.1) is 11.8 Å². The zero-order valence-corrected chi connectivity index (χ0v) is 13.9. The predicted molar refractivity (Wildman–Crippen MR) is 88.7 cm³/mol. The van der Waals surface area contributed by atoms with Crippen molar-refractivity contribution in [3.05, 3.63) is 29.8 Å². The third kappa shape index (κ3) is 6.87. The van der Waals surface area contributed by atoms with E-state index in [1.54, 1.807) is 11.8 Å². The number of carbonyl (C=O) groups excluding carboxylic acids is 1. The average Bonchev–Trinajstić information content (AvgIpc) is 2.46. The van der Waals surface area contributed by atoms with Crippen LogP contribution in [0.2, 0.25) is 0 Å². The van der Waals surface area contributed by atoms with Crippen LogP contribution in [0.1, 0.15) is 45.2 Å². The number of hydrogen-bond donors (Lipinski definition) is 3. The molecular weight excluding hydrogens is 284 g/mol. The lowest BCUT2D eigenvalue weighted by Crippen LogP contribution is -2.40. The van der Waals surface area contributed by atoms with Crippen molar-refractivity contribution >= 4 is 17.8 Å². The van der Waals surface area contributed by atoms with E-state index in [2.05, 4.69) is 29.7 Å². The molecule has 0 aliphatic carbocycles. The first-order chi connectivity index (χ1) is 10.1. The van der Waals surface area contributed by atoms with Crippen molar-refractivity contribution in [3.8, 4) is 0 Å². The minimum Gasteiger partial charge on any atom is -0.391 e. The maximum Gasteiger partial charge on any atom is 0.315 e. The van der Waals surface area contributed by atoms with Crippen LogP contribution in [-0.4, -0.2) is 29.5 Å². The zero-order chi connectivity index (χ0) is 15.7. The Hall–Kier alpha value is -1.20. The van der Waals surface area contributed by atoms with E-state index in [4.69, 9.17) is 0 Å². The van der Waals surface area contributed by atoms with E-state index in [-0.39, 0.29) is 12.1 Å². The van der Waals surface area contributed by atoms with Crippen LogP contribution in [0.5, 0.6) is 0 Å². The van der Waals surface area contributed by atoms with Gasteiger partial charge in [-0.05, 0) is 36.8 Å². The van der Waals surface area contributed by atoms with E-state index in [0.29, 0.717) is 13.0 Å². The Balaban J connectivity index is 2.41. The van der Waals surface area contributed by atoms with Gasteiger partial charge in [0.2, 0.25) is 0 Å². The molecule has 0 heterocycles. The Labute approximate surface area is 131 Å². The average molecular weight is 310 g/mol. The molecule has 2 unspecified atom stereocenters. The number of carbonyl (C=O) groups is 1. The Morgan fingerprint density at radius 2 is 1.95 bits per heavy atom. The Kier molecular flexibility index (Phi) is 8.23. The normalized spacial score (nSPS) is 13.5. The molecule has 5 heteroatoms. The Bertz CT molecular complexity index is 423. The molecule has 0 aromatic heterocycles. The molecule has 1 aromatic carbocycles. The Morgan fingerprint density at radius 3 is 2.52 bits per heavy atom. The summed E-state index contributed by atoms with van der Waals surface area (Å²) in [5.41, 5.74) is 1.07. The standard InChI is InChI=1S/C16H26N2O2S/c1-4-6-14(19)11-17-16(20)18-12(3)13-7-9-15(10-8-13)21-5-2/h7-10,12,14,19H,4-6,11H2,1-3H3,(H2,17,18,20). The van der Waals surface area contributed by atoms with Crippen LogP contribution in [0.25, 0.3) is 0 Å². The van der Waals surface area contributed by atoms with E-state index < -0.39 is 6.10 Å². The van der Waals surface area contributed by atoms with Gasteiger partial charge in [-0.1, -0.05) is 32.4 Å². The molecule has 0 saturated carbocycles. The lowest BCUT2D eigenvalue weighted by atomic mass is 10.1. The fourth-order valence-electron chi connectivity index (χ4n) is 2.00. The van der Waals surface area contributed by atoms with Crippen molar-refractivity contribution < 1.29 is 9.90 Å². The first kappa shape index (κ1) is 17.9. The van der Waals surface area contributed by atoms with Crippen molar-refractivity contribution in [2.45, 2.75) is 50.7 Å². The van der Waals surface area contributed by atoms with Crippen molar-refractivity contribution in [3.63, 3.8) is 0 Å². The van der Waals surface area contributed by atoms with Gasteiger partial charge in [0.1, 0.15) is 0 Å². The third-order valence-electron chi connectivity index (χ3n) is 3.16. The molecule has 0 saturated heterocycles. The van der Waals surface area contributed by atoms with Gasteiger partial charge in [0.05, 0.1) is 12.1 Å². The van der Waals surface area contributed by atoms with Crippen LogP contribution >= 0.6 is 11.8 Å². The molecule has 2 amide bonds. The number of aliphatic hydroxyl groups excluding tert-OH is 1. The maximum absolute atomic E-state index is 11.8. The highest BCUT2D eigenvalue weighted by Crippen LogP contribution is 2.20. The molecule has 118 valence electrons. The van der Waals surface area contributed by atoms with E-state index in [9.17, 15) is 9.90 Å². The summed E-state index contributed by atoms with van der Waals surface area (Å²) in [4.78, 5) is 13.0. The van der Waals surface area contributed by atoms with Crippen molar-refractivity contribution in [1.29, 1.82) is 0 Å². The van der Waals surface area contributed by atoms with E-state index in [1.807, 2.05) is 26.0 Å². The molecule has 2 atom stereocenters. The summed E-state index contributed by atoms with van der Waals surface area (Å²) in [6, 6.07) is 7.91. The topological polar surface area (TPSA) is 61.4 Å². The summed E-state index contributed by atoms with van der Waals surface area (Å²) >= 11 is 1.80. The maximum atomic E-state index is 11.8. The summed E-state index contributed by atoms with van der Waals surface area (Å²) < 4.78 is 0. The van der Waals surface area contributed by atoms with Crippen molar-refractivity contribution in [2.75, 3.05) is 12.3 Å². The smallest absolute Gasteiger partial charge is 0.315 e. The van der Waals surface area contributed by atoms with Gasteiger partial charge >= 0.3 is 6.03 Å². The summed E-state index contributed by atoms with van der Waals surface area (Å²) in [6.07, 6.45) is 1.14. The van der Waals surface area contributed by atoms with Gasteiger partial charge in [-0.25, -0.2) is 4.79 Å². The number of nitrogens with one attached hydrogen (secondary N) is 2. The lowest BCUT2D eigenvalue weighted by molar-refractivity contribution is 0.160. The Morgan fingerprint density at radius 1 is 1.29 bits per heavy atom. The zero-order valence-electron chi connectivity index (χ0n) is 13.1. The molecule has 3 N–H and O–H groups in total. The second-order valence-corrected chi connectivity index (χ2v) is 6.36. The molecule has 21 heavy (non-hydrogen) atoms. The van der Waals surface area contributed by atoms with Crippen LogP contribution in [-0.2, 0) is 0 Å². The predicted octanol–water partition coefficient (Wildman–Crippen LogP) is 3.32. The fourth-order valence-corrected chi connectivity index (χ4v) is 2.66. The van der Waals surface area contributed by atoms with E-state index in [1.165, 1.54) is 4.90 Å². The highest BCUT2D eigenvalue weighted by atomic mass is 32.2. The molecule has 0 fully saturated rings. The lowest BCUT2D eigenvalue weighted by Gasteiger charge is -2.17. The van der Waals surface area contributed by atoms with Crippen LogP contribution in [0.15, 0.2) is 29.2 Å². The largest absolute Gasteiger partial charge is 0.391 e. The third-order valence-corrected chi connectivity index (χ3v) is 4.05. The molecule has 0 aliphatic rings. The van der Waals surface area contributed by atoms with Crippen LogP contribution in [0.3, 0.4) is 0 Å². The molecule has 0 radical (unpaired) electrons. The summed E-state index contributed by atoms with van der Waals surface area (Å²) in [5, 5.41) is 15.2. The molecule has 0 spiro atoms. The second-order valence-electron chi connectivity index (χ2n) is 5.02. The molecule has 1 rings (SSSR count). The monoisotopic (exact) mass is 310 g/mol. The van der Waals surface area contributed by atoms with Gasteiger partial charge in [-0.2, -0.15) is 0 Å². The molecule has 0 bridgehead atoms. The second kappa shape index (κ2) is 9.68. The van der Waals surface area contributed by atoms with Crippen LogP contribution in [0.4, 0.5) is 4.79 Å². The minimum atomic E-state index is -0.471. The first-order valence-electron chi connectivity index (χ1n) is 7.52. The molecule has 0 aliphatic heterocycles. The van der Waals surface area contributed by atoms with E-state index in [0.717, 1.165) is 17.7 Å².